The molecule has 0 spiro atoms. The van der Waals surface area contributed by atoms with Gasteiger partial charge < -0.3 is 9.80 Å². The third-order valence-corrected chi connectivity index (χ3v) is 3.31. The van der Waals surface area contributed by atoms with Gasteiger partial charge in [0.05, 0.1) is 28.6 Å². The Labute approximate surface area is 98.4 Å². The van der Waals surface area contributed by atoms with Crippen LogP contribution in [0.3, 0.4) is 0 Å². The van der Waals surface area contributed by atoms with Crippen LogP contribution < -0.4 is 4.90 Å². The van der Waals surface area contributed by atoms with Gasteiger partial charge in [0, 0.05) is 32.2 Å². The van der Waals surface area contributed by atoms with E-state index in [1.54, 1.807) is 0 Å². The minimum Gasteiger partial charge on any atom is -0.354 e. The molecule has 1 aliphatic heterocycles. The maximum Gasteiger partial charge on any atom is 0.138 e. The van der Waals surface area contributed by atoms with Crippen LogP contribution in [0, 0.1) is 6.92 Å². The van der Waals surface area contributed by atoms with Crippen molar-refractivity contribution >= 4 is 28.7 Å². The van der Waals surface area contributed by atoms with Crippen LogP contribution in [0.5, 0.6) is 0 Å². The zero-order chi connectivity index (χ0) is 10.1. The third kappa shape index (κ3) is 2.03. The predicted molar refractivity (Wildman–Crippen MR) is 66.1 cm³/mol. The highest BCUT2D eigenvalue weighted by Crippen LogP contribution is 2.19. The summed E-state index contributed by atoms with van der Waals surface area (Å²) in [5.74, 6) is 1.23. The first-order valence-electron chi connectivity index (χ1n) is 4.83. The molecule has 14 heavy (non-hydrogen) atoms. The molecule has 4 nitrogen and oxygen atoms in total. The molecular weight excluding hydrogens is 291 g/mol. The van der Waals surface area contributed by atoms with Crippen molar-refractivity contribution in [1.29, 1.82) is 0 Å². The van der Waals surface area contributed by atoms with E-state index >= 15 is 0 Å². The Morgan fingerprint density at radius 2 is 1.93 bits per heavy atom. The van der Waals surface area contributed by atoms with Crippen LogP contribution in [0.4, 0.5) is 5.82 Å². The average molecular weight is 306 g/mol. The smallest absolute Gasteiger partial charge is 0.138 e. The van der Waals surface area contributed by atoms with Crippen LogP contribution in [0.1, 0.15) is 5.69 Å². The number of hydrogen-bond donors (Lipinski definition) is 0. The van der Waals surface area contributed by atoms with Crippen molar-refractivity contribution in [1.82, 2.24) is 12.9 Å². The summed E-state index contributed by atoms with van der Waals surface area (Å²) < 4.78 is 1.94. The van der Waals surface area contributed by atoms with Crippen molar-refractivity contribution < 1.29 is 0 Å². The van der Waals surface area contributed by atoms with Crippen LogP contribution in [-0.4, -0.2) is 46.1 Å². The van der Waals surface area contributed by atoms with E-state index in [9.17, 15) is 0 Å². The third-order valence-electron chi connectivity index (χ3n) is 2.60. The van der Waals surface area contributed by atoms with Crippen molar-refractivity contribution in [2.45, 2.75) is 6.92 Å². The number of halogens is 1. The van der Waals surface area contributed by atoms with Gasteiger partial charge in [-0.1, -0.05) is 0 Å². The molecule has 0 N–H and O–H groups in total. The van der Waals surface area contributed by atoms with E-state index in [-0.39, 0.29) is 0 Å². The second-order valence-corrected chi connectivity index (χ2v) is 4.71. The number of anilines is 1. The monoisotopic (exact) mass is 306 g/mol. The summed E-state index contributed by atoms with van der Waals surface area (Å²) in [6.45, 7) is 6.52. The quantitative estimate of drug-likeness (QED) is 0.727. The van der Waals surface area contributed by atoms with Crippen molar-refractivity contribution in [3.63, 3.8) is 0 Å². The standard InChI is InChI=1S/C9H15IN4/c1-8-7-9(14(10)11-8)13-5-3-12(2)4-6-13/h7H,3-6H2,1-2H3. The lowest BCUT2D eigenvalue weighted by Gasteiger charge is -2.33. The fourth-order valence-corrected chi connectivity index (χ4v) is 2.49. The maximum absolute atomic E-state index is 4.35. The first-order chi connectivity index (χ1) is 6.66. The Bertz CT molecular complexity index is 315. The summed E-state index contributed by atoms with van der Waals surface area (Å²) >= 11 is 2.24. The molecule has 0 atom stereocenters. The second-order valence-electron chi connectivity index (χ2n) is 3.79. The van der Waals surface area contributed by atoms with E-state index in [1.807, 2.05) is 9.82 Å². The number of aryl methyl sites for hydroxylation is 1. The summed E-state index contributed by atoms with van der Waals surface area (Å²) in [6.07, 6.45) is 0. The fraction of sp³-hybridized carbons (Fsp3) is 0.667. The van der Waals surface area contributed by atoms with Gasteiger partial charge in [-0.2, -0.15) is 7.99 Å². The zero-order valence-corrected chi connectivity index (χ0v) is 10.7. The Morgan fingerprint density at radius 1 is 1.29 bits per heavy atom. The molecule has 0 saturated carbocycles. The summed E-state index contributed by atoms with van der Waals surface area (Å²) in [6, 6.07) is 2.15. The van der Waals surface area contributed by atoms with Crippen LogP contribution in [0.15, 0.2) is 6.07 Å². The molecule has 1 aliphatic rings. The first kappa shape index (κ1) is 10.2. The normalized spacial score (nSPS) is 18.9. The number of hydrogen-bond acceptors (Lipinski definition) is 3. The van der Waals surface area contributed by atoms with Gasteiger partial charge >= 0.3 is 0 Å². The number of rotatable bonds is 1. The molecule has 1 aromatic rings. The minimum atomic E-state index is 1.09. The molecule has 0 bridgehead atoms. The SMILES string of the molecule is Cc1cc(N2CCN(C)CC2)n(I)n1. The van der Waals surface area contributed by atoms with Gasteiger partial charge in [0.15, 0.2) is 0 Å². The number of piperazine rings is 1. The van der Waals surface area contributed by atoms with E-state index in [0.717, 1.165) is 31.9 Å². The largest absolute Gasteiger partial charge is 0.354 e. The molecule has 0 aliphatic carbocycles. The molecule has 1 saturated heterocycles. The van der Waals surface area contributed by atoms with Crippen LogP contribution in [-0.2, 0) is 0 Å². The highest BCUT2D eigenvalue weighted by Gasteiger charge is 2.17. The first-order valence-corrected chi connectivity index (χ1v) is 5.79. The highest BCUT2D eigenvalue weighted by molar-refractivity contribution is 14.1. The molecule has 1 fully saturated rings. The molecule has 0 aromatic carbocycles. The van der Waals surface area contributed by atoms with E-state index in [2.05, 4.69) is 50.9 Å². The molecule has 0 radical (unpaired) electrons. The molecular formula is C9H15IN4. The molecule has 1 aromatic heterocycles. The Balaban J connectivity index is 2.11. The van der Waals surface area contributed by atoms with Crippen molar-refractivity contribution in [2.24, 2.45) is 0 Å². The summed E-state index contributed by atoms with van der Waals surface area (Å²) in [4.78, 5) is 4.75. The van der Waals surface area contributed by atoms with Gasteiger partial charge in [0.2, 0.25) is 0 Å². The Kier molecular flexibility index (Phi) is 2.96. The van der Waals surface area contributed by atoms with E-state index in [0.29, 0.717) is 0 Å². The molecule has 0 amide bonds. The Morgan fingerprint density at radius 3 is 2.43 bits per heavy atom. The lowest BCUT2D eigenvalue weighted by molar-refractivity contribution is 0.312. The second kappa shape index (κ2) is 4.06. The highest BCUT2D eigenvalue weighted by atomic mass is 127. The maximum atomic E-state index is 4.35. The van der Waals surface area contributed by atoms with Crippen LogP contribution >= 0.6 is 22.9 Å². The summed E-state index contributed by atoms with van der Waals surface area (Å²) in [7, 11) is 2.17. The number of aromatic nitrogens is 2. The lowest BCUT2D eigenvalue weighted by atomic mass is 10.3. The van der Waals surface area contributed by atoms with Gasteiger partial charge in [0.25, 0.3) is 0 Å². The lowest BCUT2D eigenvalue weighted by Crippen LogP contribution is -2.44. The van der Waals surface area contributed by atoms with Crippen LogP contribution in [0.25, 0.3) is 0 Å². The van der Waals surface area contributed by atoms with Gasteiger partial charge in [-0.15, -0.1) is 0 Å². The molecule has 0 unspecified atom stereocenters. The number of likely N-dealkylation sites (N-methyl/N-ethyl adjacent to an activating group) is 1. The minimum absolute atomic E-state index is 1.09. The number of nitrogens with zero attached hydrogens (tertiary/aromatic N) is 4. The Hall–Kier alpha value is -0.300. The van der Waals surface area contributed by atoms with Crippen molar-refractivity contribution in [3.8, 4) is 0 Å². The molecule has 5 heteroatoms. The fourth-order valence-electron chi connectivity index (χ4n) is 1.70. The summed E-state index contributed by atoms with van der Waals surface area (Å²) in [5.41, 5.74) is 1.09. The molecule has 2 heterocycles. The van der Waals surface area contributed by atoms with Crippen LogP contribution in [0.2, 0.25) is 0 Å². The summed E-state index contributed by atoms with van der Waals surface area (Å²) in [5, 5.41) is 4.35. The molecule has 78 valence electrons. The van der Waals surface area contributed by atoms with Gasteiger partial charge in [-0.3, -0.25) is 0 Å². The van der Waals surface area contributed by atoms with Gasteiger partial charge in [-0.05, 0) is 14.0 Å². The van der Waals surface area contributed by atoms with Gasteiger partial charge in [-0.25, -0.2) is 0 Å². The van der Waals surface area contributed by atoms with E-state index in [4.69, 9.17) is 0 Å². The molecule has 2 rings (SSSR count). The average Bonchev–Trinajstić information content (AvgIpc) is 2.47. The van der Waals surface area contributed by atoms with Crippen molar-refractivity contribution in [3.05, 3.63) is 11.8 Å². The van der Waals surface area contributed by atoms with Crippen molar-refractivity contribution in [2.75, 3.05) is 38.1 Å². The van der Waals surface area contributed by atoms with E-state index < -0.39 is 0 Å². The topological polar surface area (TPSA) is 24.3 Å². The zero-order valence-electron chi connectivity index (χ0n) is 8.57. The van der Waals surface area contributed by atoms with Gasteiger partial charge in [0.1, 0.15) is 5.82 Å². The predicted octanol–water partition coefficient (Wildman–Crippen LogP) is 1.14. The van der Waals surface area contributed by atoms with E-state index in [1.165, 1.54) is 5.82 Å².